The Hall–Kier alpha value is -1.42. The fourth-order valence-electron chi connectivity index (χ4n) is 2.35. The Bertz CT molecular complexity index is 447. The maximum atomic E-state index is 13.6. The zero-order valence-electron chi connectivity index (χ0n) is 10.9. The summed E-state index contributed by atoms with van der Waals surface area (Å²) >= 11 is 0. The molecule has 1 unspecified atom stereocenters. The van der Waals surface area contributed by atoms with Crippen LogP contribution in [-0.2, 0) is 0 Å². The lowest BCUT2D eigenvalue weighted by Gasteiger charge is -2.19. The third-order valence-corrected chi connectivity index (χ3v) is 3.54. The summed E-state index contributed by atoms with van der Waals surface area (Å²) in [5, 5.41) is 2.81. The molecule has 3 nitrogen and oxygen atoms in total. The number of amides is 1. The second-order valence-electron chi connectivity index (χ2n) is 4.97. The van der Waals surface area contributed by atoms with Gasteiger partial charge in [0, 0.05) is 12.6 Å². The van der Waals surface area contributed by atoms with E-state index >= 15 is 0 Å². The van der Waals surface area contributed by atoms with Crippen molar-refractivity contribution >= 4 is 5.91 Å². The number of benzene rings is 1. The zero-order valence-corrected chi connectivity index (χ0v) is 10.9. The number of likely N-dealkylation sites (tertiary alicyclic amines) is 1. The fourth-order valence-corrected chi connectivity index (χ4v) is 2.35. The Morgan fingerprint density at radius 2 is 2.33 bits per heavy atom. The van der Waals surface area contributed by atoms with Gasteiger partial charge in [-0.1, -0.05) is 6.07 Å². The molecule has 1 N–H and O–H groups in total. The average molecular weight is 250 g/mol. The van der Waals surface area contributed by atoms with Crippen molar-refractivity contribution in [2.45, 2.75) is 25.8 Å². The fraction of sp³-hybridized carbons (Fsp3) is 0.500. The first-order valence-corrected chi connectivity index (χ1v) is 6.32. The van der Waals surface area contributed by atoms with Crippen molar-refractivity contribution in [3.05, 3.63) is 35.1 Å². The van der Waals surface area contributed by atoms with Gasteiger partial charge in [0.1, 0.15) is 5.82 Å². The molecule has 0 aliphatic carbocycles. The van der Waals surface area contributed by atoms with Crippen LogP contribution in [-0.4, -0.2) is 37.0 Å². The molecule has 1 aliphatic rings. The molecule has 0 saturated carbocycles. The van der Waals surface area contributed by atoms with Crippen molar-refractivity contribution in [1.82, 2.24) is 10.2 Å². The number of nitrogens with zero attached hydrogens (tertiary/aromatic N) is 1. The topological polar surface area (TPSA) is 32.3 Å². The molecule has 1 heterocycles. The van der Waals surface area contributed by atoms with Crippen molar-refractivity contribution in [3.63, 3.8) is 0 Å². The van der Waals surface area contributed by atoms with E-state index < -0.39 is 5.82 Å². The Kier molecular flexibility index (Phi) is 3.97. The van der Waals surface area contributed by atoms with Crippen molar-refractivity contribution in [2.75, 3.05) is 20.1 Å². The Labute approximate surface area is 107 Å². The van der Waals surface area contributed by atoms with Crippen molar-refractivity contribution < 1.29 is 9.18 Å². The summed E-state index contributed by atoms with van der Waals surface area (Å²) < 4.78 is 13.6. The molecule has 4 heteroatoms. The Morgan fingerprint density at radius 1 is 1.56 bits per heavy atom. The first kappa shape index (κ1) is 13.0. The van der Waals surface area contributed by atoms with E-state index in [-0.39, 0.29) is 11.5 Å². The first-order valence-electron chi connectivity index (χ1n) is 6.32. The van der Waals surface area contributed by atoms with Gasteiger partial charge >= 0.3 is 0 Å². The van der Waals surface area contributed by atoms with Crippen LogP contribution in [0.5, 0.6) is 0 Å². The molecule has 1 saturated heterocycles. The van der Waals surface area contributed by atoms with E-state index in [1.165, 1.54) is 6.07 Å². The van der Waals surface area contributed by atoms with Crippen LogP contribution >= 0.6 is 0 Å². The predicted octanol–water partition coefficient (Wildman–Crippen LogP) is 1.96. The van der Waals surface area contributed by atoms with Crippen molar-refractivity contribution in [2.24, 2.45) is 0 Å². The molecule has 1 fully saturated rings. The van der Waals surface area contributed by atoms with Crippen molar-refractivity contribution in [3.8, 4) is 0 Å². The summed E-state index contributed by atoms with van der Waals surface area (Å²) in [7, 11) is 2.05. The largest absolute Gasteiger partial charge is 0.350 e. The smallest absolute Gasteiger partial charge is 0.254 e. The third kappa shape index (κ3) is 2.88. The Morgan fingerprint density at radius 3 is 2.94 bits per heavy atom. The highest BCUT2D eigenvalue weighted by Crippen LogP contribution is 2.14. The molecule has 0 bridgehead atoms. The van der Waals surface area contributed by atoms with Gasteiger partial charge in [0.15, 0.2) is 0 Å². The van der Waals surface area contributed by atoms with Crippen LogP contribution < -0.4 is 5.32 Å². The maximum Gasteiger partial charge on any atom is 0.254 e. The monoisotopic (exact) mass is 250 g/mol. The van der Waals surface area contributed by atoms with Crippen LogP contribution in [0.4, 0.5) is 4.39 Å². The standard InChI is InChI=1S/C14H19FN2O/c1-10-5-6-12(13(15)8-10)14(18)16-9-11-4-3-7-17(11)2/h5-6,8,11H,3-4,7,9H2,1-2H3,(H,16,18). The van der Waals surface area contributed by atoms with E-state index in [1.54, 1.807) is 19.1 Å². The summed E-state index contributed by atoms with van der Waals surface area (Å²) in [6, 6.07) is 5.05. The van der Waals surface area contributed by atoms with E-state index in [9.17, 15) is 9.18 Å². The zero-order chi connectivity index (χ0) is 13.1. The second-order valence-corrected chi connectivity index (χ2v) is 4.97. The minimum atomic E-state index is -0.452. The van der Waals surface area contributed by atoms with Crippen LogP contribution in [0.1, 0.15) is 28.8 Å². The SMILES string of the molecule is Cc1ccc(C(=O)NCC2CCCN2C)c(F)c1. The highest BCUT2D eigenvalue weighted by Gasteiger charge is 2.21. The number of hydrogen-bond donors (Lipinski definition) is 1. The molecule has 0 radical (unpaired) electrons. The van der Waals surface area contributed by atoms with Gasteiger partial charge in [-0.2, -0.15) is 0 Å². The number of hydrogen-bond acceptors (Lipinski definition) is 2. The number of rotatable bonds is 3. The highest BCUT2D eigenvalue weighted by atomic mass is 19.1. The Balaban J connectivity index is 1.95. The molecular formula is C14H19FN2O. The van der Waals surface area contributed by atoms with Crippen LogP contribution in [0.25, 0.3) is 0 Å². The maximum absolute atomic E-state index is 13.6. The van der Waals surface area contributed by atoms with Crippen molar-refractivity contribution in [1.29, 1.82) is 0 Å². The normalized spacial score (nSPS) is 20.1. The van der Waals surface area contributed by atoms with Gasteiger partial charge in [0.2, 0.25) is 0 Å². The summed E-state index contributed by atoms with van der Waals surface area (Å²) in [5.74, 6) is -0.778. The molecule has 1 atom stereocenters. The van der Waals surface area contributed by atoms with Crippen LogP contribution in [0.3, 0.4) is 0 Å². The van der Waals surface area contributed by atoms with E-state index in [2.05, 4.69) is 17.3 Å². The van der Waals surface area contributed by atoms with Crippen LogP contribution in [0.2, 0.25) is 0 Å². The van der Waals surface area contributed by atoms with Gasteiger partial charge < -0.3 is 10.2 Å². The molecule has 18 heavy (non-hydrogen) atoms. The van der Waals surface area contributed by atoms with Gasteiger partial charge in [-0.25, -0.2) is 4.39 Å². The molecule has 1 aliphatic heterocycles. The van der Waals surface area contributed by atoms with E-state index in [1.807, 2.05) is 0 Å². The summed E-state index contributed by atoms with van der Waals surface area (Å²) in [6.07, 6.45) is 2.25. The highest BCUT2D eigenvalue weighted by molar-refractivity contribution is 5.94. The van der Waals surface area contributed by atoms with Crippen LogP contribution in [0.15, 0.2) is 18.2 Å². The van der Waals surface area contributed by atoms with Gasteiger partial charge in [-0.05, 0) is 51.1 Å². The second kappa shape index (κ2) is 5.48. The molecular weight excluding hydrogens is 231 g/mol. The number of halogens is 1. The number of carbonyl (C=O) groups excluding carboxylic acids is 1. The number of carbonyl (C=O) groups is 1. The summed E-state index contributed by atoms with van der Waals surface area (Å²) in [5.41, 5.74) is 0.945. The number of likely N-dealkylation sites (N-methyl/N-ethyl adjacent to an activating group) is 1. The van der Waals surface area contributed by atoms with Crippen LogP contribution in [0, 0.1) is 12.7 Å². The minimum absolute atomic E-state index is 0.126. The lowest BCUT2D eigenvalue weighted by atomic mass is 10.1. The van der Waals surface area contributed by atoms with Gasteiger partial charge in [0.25, 0.3) is 5.91 Å². The van der Waals surface area contributed by atoms with E-state index in [0.717, 1.165) is 24.9 Å². The van der Waals surface area contributed by atoms with Gasteiger partial charge in [-0.15, -0.1) is 0 Å². The molecule has 1 amide bonds. The summed E-state index contributed by atoms with van der Waals surface area (Å²) in [6.45, 7) is 3.46. The van der Waals surface area contributed by atoms with Gasteiger partial charge in [0.05, 0.1) is 5.56 Å². The third-order valence-electron chi connectivity index (χ3n) is 3.54. The first-order chi connectivity index (χ1) is 8.58. The minimum Gasteiger partial charge on any atom is -0.350 e. The number of aryl methyl sites for hydroxylation is 1. The lowest BCUT2D eigenvalue weighted by Crippen LogP contribution is -2.38. The quantitative estimate of drug-likeness (QED) is 0.889. The van der Waals surface area contributed by atoms with Gasteiger partial charge in [-0.3, -0.25) is 4.79 Å². The average Bonchev–Trinajstić information content (AvgIpc) is 2.72. The molecule has 0 spiro atoms. The molecule has 1 aromatic carbocycles. The molecule has 1 aromatic rings. The molecule has 98 valence electrons. The number of nitrogens with one attached hydrogen (secondary N) is 1. The van der Waals surface area contributed by atoms with E-state index in [4.69, 9.17) is 0 Å². The van der Waals surface area contributed by atoms with E-state index in [0.29, 0.717) is 12.6 Å². The molecule has 0 aromatic heterocycles. The predicted molar refractivity (Wildman–Crippen MR) is 69.1 cm³/mol. The summed E-state index contributed by atoms with van der Waals surface area (Å²) in [4.78, 5) is 14.1. The molecule has 2 rings (SSSR count). The lowest BCUT2D eigenvalue weighted by molar-refractivity contribution is 0.0939.